The second-order valence-corrected chi connectivity index (χ2v) is 6.22. The van der Waals surface area contributed by atoms with Gasteiger partial charge in [-0.3, -0.25) is 9.78 Å². The predicted octanol–water partition coefficient (Wildman–Crippen LogP) is 1.22. The average molecular weight is 306 g/mol. The van der Waals surface area contributed by atoms with Crippen LogP contribution in [0.4, 0.5) is 5.82 Å². The Kier molecular flexibility index (Phi) is 6.12. The number of hydrogen-bond acceptors (Lipinski definition) is 5. The maximum absolute atomic E-state index is 12.2. The first-order valence-corrected chi connectivity index (χ1v) is 8.04. The molecule has 1 aliphatic rings. The molecular weight excluding hydrogens is 280 g/mol. The minimum absolute atomic E-state index is 0.0594. The molecule has 0 radical (unpaired) electrons. The fourth-order valence-electron chi connectivity index (χ4n) is 2.65. The maximum atomic E-state index is 12.2. The number of rotatable bonds is 6. The second kappa shape index (κ2) is 8.08. The van der Waals surface area contributed by atoms with Gasteiger partial charge in [-0.25, -0.2) is 4.98 Å². The standard InChI is InChI=1S/C16H26N4O2/c1-12(2)14(21)3-6-19-16(22)13-4-9-20(10-5-13)15-11-17-7-8-18-15/h7-8,11-14,21H,3-6,9-10H2,1-2H3,(H,19,22). The summed E-state index contributed by atoms with van der Waals surface area (Å²) in [6.45, 7) is 6.16. The van der Waals surface area contributed by atoms with Crippen LogP contribution in [0.15, 0.2) is 18.6 Å². The molecule has 0 aliphatic carbocycles. The Morgan fingerprint density at radius 1 is 1.41 bits per heavy atom. The highest BCUT2D eigenvalue weighted by Crippen LogP contribution is 2.21. The summed E-state index contributed by atoms with van der Waals surface area (Å²) >= 11 is 0. The van der Waals surface area contributed by atoms with Crippen LogP contribution in [-0.4, -0.2) is 46.7 Å². The van der Waals surface area contributed by atoms with Crippen LogP contribution in [0.25, 0.3) is 0 Å². The molecule has 0 saturated carbocycles. The van der Waals surface area contributed by atoms with Crippen molar-refractivity contribution in [2.75, 3.05) is 24.5 Å². The second-order valence-electron chi connectivity index (χ2n) is 6.22. The van der Waals surface area contributed by atoms with Crippen molar-refractivity contribution in [1.29, 1.82) is 0 Å². The van der Waals surface area contributed by atoms with E-state index >= 15 is 0 Å². The minimum atomic E-state index is -0.348. The Balaban J connectivity index is 1.71. The molecule has 2 heterocycles. The van der Waals surface area contributed by atoms with Gasteiger partial charge in [0.05, 0.1) is 12.3 Å². The largest absolute Gasteiger partial charge is 0.393 e. The van der Waals surface area contributed by atoms with Gasteiger partial charge in [-0.2, -0.15) is 0 Å². The van der Waals surface area contributed by atoms with Gasteiger partial charge in [0.1, 0.15) is 5.82 Å². The van der Waals surface area contributed by atoms with Gasteiger partial charge in [-0.1, -0.05) is 13.8 Å². The molecule has 1 aromatic rings. The van der Waals surface area contributed by atoms with Gasteiger partial charge in [0.15, 0.2) is 0 Å². The van der Waals surface area contributed by atoms with Crippen LogP contribution < -0.4 is 10.2 Å². The van der Waals surface area contributed by atoms with Crippen molar-refractivity contribution in [1.82, 2.24) is 15.3 Å². The molecule has 1 fully saturated rings. The topological polar surface area (TPSA) is 78.4 Å². The van der Waals surface area contributed by atoms with Gasteiger partial charge < -0.3 is 15.3 Å². The molecule has 0 bridgehead atoms. The first-order valence-electron chi connectivity index (χ1n) is 8.04. The Hall–Kier alpha value is -1.69. The summed E-state index contributed by atoms with van der Waals surface area (Å²) < 4.78 is 0. The van der Waals surface area contributed by atoms with E-state index < -0.39 is 0 Å². The minimum Gasteiger partial charge on any atom is -0.393 e. The number of carbonyl (C=O) groups excluding carboxylic acids is 1. The van der Waals surface area contributed by atoms with Crippen LogP contribution >= 0.6 is 0 Å². The number of aromatic nitrogens is 2. The van der Waals surface area contributed by atoms with E-state index in [1.54, 1.807) is 18.6 Å². The van der Waals surface area contributed by atoms with E-state index in [-0.39, 0.29) is 23.8 Å². The molecule has 1 amide bonds. The number of nitrogens with one attached hydrogen (secondary N) is 1. The molecule has 0 spiro atoms. The van der Waals surface area contributed by atoms with E-state index in [1.807, 2.05) is 13.8 Å². The average Bonchev–Trinajstić information content (AvgIpc) is 2.55. The lowest BCUT2D eigenvalue weighted by Gasteiger charge is -2.31. The van der Waals surface area contributed by atoms with E-state index in [4.69, 9.17) is 0 Å². The number of aliphatic hydroxyl groups is 1. The molecule has 1 aliphatic heterocycles. The van der Waals surface area contributed by atoms with Gasteiger partial charge in [0, 0.05) is 37.9 Å². The highest BCUT2D eigenvalue weighted by molar-refractivity contribution is 5.78. The number of carbonyl (C=O) groups is 1. The summed E-state index contributed by atoms with van der Waals surface area (Å²) in [5.41, 5.74) is 0. The van der Waals surface area contributed by atoms with Crippen molar-refractivity contribution >= 4 is 11.7 Å². The molecule has 0 aromatic carbocycles. The van der Waals surface area contributed by atoms with Gasteiger partial charge >= 0.3 is 0 Å². The van der Waals surface area contributed by atoms with Crippen molar-refractivity contribution in [3.8, 4) is 0 Å². The number of nitrogens with zero attached hydrogens (tertiary/aromatic N) is 3. The SMILES string of the molecule is CC(C)C(O)CCNC(=O)C1CCN(c2cnccn2)CC1. The van der Waals surface area contributed by atoms with Crippen LogP contribution in [-0.2, 0) is 4.79 Å². The molecule has 2 N–H and O–H groups in total. The Labute approximate surface area is 132 Å². The summed E-state index contributed by atoms with van der Waals surface area (Å²) in [6, 6.07) is 0. The molecule has 6 heteroatoms. The zero-order valence-corrected chi connectivity index (χ0v) is 13.4. The zero-order valence-electron chi connectivity index (χ0n) is 13.4. The molecule has 6 nitrogen and oxygen atoms in total. The number of amides is 1. The van der Waals surface area contributed by atoms with Crippen molar-refractivity contribution < 1.29 is 9.90 Å². The first kappa shape index (κ1) is 16.7. The molecular formula is C16H26N4O2. The van der Waals surface area contributed by atoms with E-state index in [9.17, 15) is 9.90 Å². The van der Waals surface area contributed by atoms with Crippen LogP contribution in [0.5, 0.6) is 0 Å². The lowest BCUT2D eigenvalue weighted by molar-refractivity contribution is -0.125. The fourth-order valence-corrected chi connectivity index (χ4v) is 2.65. The third-order valence-electron chi connectivity index (χ3n) is 4.25. The van der Waals surface area contributed by atoms with Crippen molar-refractivity contribution in [3.05, 3.63) is 18.6 Å². The van der Waals surface area contributed by atoms with Crippen LogP contribution in [0.1, 0.15) is 33.1 Å². The smallest absolute Gasteiger partial charge is 0.223 e. The molecule has 22 heavy (non-hydrogen) atoms. The van der Waals surface area contributed by atoms with Crippen LogP contribution in [0.2, 0.25) is 0 Å². The zero-order chi connectivity index (χ0) is 15.9. The third-order valence-corrected chi connectivity index (χ3v) is 4.25. The number of anilines is 1. The summed E-state index contributed by atoms with van der Waals surface area (Å²) in [6.07, 6.45) is 7.03. The van der Waals surface area contributed by atoms with E-state index in [1.165, 1.54) is 0 Å². The molecule has 1 atom stereocenters. The van der Waals surface area contributed by atoms with E-state index in [2.05, 4.69) is 20.2 Å². The lowest BCUT2D eigenvalue weighted by atomic mass is 9.95. The maximum Gasteiger partial charge on any atom is 0.223 e. The third kappa shape index (κ3) is 4.66. The summed E-state index contributed by atoms with van der Waals surface area (Å²) in [4.78, 5) is 22.7. The molecule has 1 aromatic heterocycles. The normalized spacial score (nSPS) is 17.5. The summed E-state index contributed by atoms with van der Waals surface area (Å²) in [5, 5.41) is 12.7. The number of piperidine rings is 1. The fraction of sp³-hybridized carbons (Fsp3) is 0.688. The van der Waals surface area contributed by atoms with Crippen LogP contribution in [0.3, 0.4) is 0 Å². The van der Waals surface area contributed by atoms with Gasteiger partial charge in [-0.15, -0.1) is 0 Å². The van der Waals surface area contributed by atoms with Crippen molar-refractivity contribution in [2.24, 2.45) is 11.8 Å². The molecule has 122 valence electrons. The quantitative estimate of drug-likeness (QED) is 0.826. The summed E-state index contributed by atoms with van der Waals surface area (Å²) in [7, 11) is 0. The Bertz CT molecular complexity index is 458. The van der Waals surface area contributed by atoms with Crippen LogP contribution in [0, 0.1) is 11.8 Å². The van der Waals surface area contributed by atoms with E-state index in [0.717, 1.165) is 31.7 Å². The first-order chi connectivity index (χ1) is 10.6. The lowest BCUT2D eigenvalue weighted by Crippen LogP contribution is -2.41. The molecule has 1 unspecified atom stereocenters. The summed E-state index contributed by atoms with van der Waals surface area (Å²) in [5.74, 6) is 1.27. The van der Waals surface area contributed by atoms with Gasteiger partial charge in [0.2, 0.25) is 5.91 Å². The Morgan fingerprint density at radius 3 is 2.73 bits per heavy atom. The van der Waals surface area contributed by atoms with E-state index in [0.29, 0.717) is 13.0 Å². The highest BCUT2D eigenvalue weighted by Gasteiger charge is 2.25. The predicted molar refractivity (Wildman–Crippen MR) is 85.4 cm³/mol. The number of aliphatic hydroxyl groups excluding tert-OH is 1. The number of hydrogen-bond donors (Lipinski definition) is 2. The molecule has 1 saturated heterocycles. The molecule has 2 rings (SSSR count). The van der Waals surface area contributed by atoms with Crippen molar-refractivity contribution in [2.45, 2.75) is 39.2 Å². The highest BCUT2D eigenvalue weighted by atomic mass is 16.3. The Morgan fingerprint density at radius 2 is 2.14 bits per heavy atom. The monoisotopic (exact) mass is 306 g/mol. The van der Waals surface area contributed by atoms with Gasteiger partial charge in [0.25, 0.3) is 0 Å². The van der Waals surface area contributed by atoms with Crippen molar-refractivity contribution in [3.63, 3.8) is 0 Å². The van der Waals surface area contributed by atoms with Gasteiger partial charge in [-0.05, 0) is 25.2 Å².